The predicted molar refractivity (Wildman–Crippen MR) is 106 cm³/mol. The number of thiazole rings is 2. The van der Waals surface area contributed by atoms with Crippen molar-refractivity contribution in [3.05, 3.63) is 34.3 Å². The standard InChI is InChI=1S/C18H22N4O2S2/c1-21(18-20-15-4-3-14(23-2)9-16(15)26-18)10-13-12-25-17(19-13)11-22-5-7-24-8-6-22/h3-4,9,12H,5-8,10-11H2,1-2H3. The molecule has 0 aliphatic carbocycles. The van der Waals surface area contributed by atoms with Crippen molar-refractivity contribution >= 4 is 38.0 Å². The van der Waals surface area contributed by atoms with Gasteiger partial charge in [-0.15, -0.1) is 11.3 Å². The molecule has 6 nitrogen and oxygen atoms in total. The van der Waals surface area contributed by atoms with Crippen molar-refractivity contribution in [1.82, 2.24) is 14.9 Å². The molecule has 1 aliphatic rings. The lowest BCUT2D eigenvalue weighted by Crippen LogP contribution is -2.35. The third-order valence-electron chi connectivity index (χ3n) is 4.37. The van der Waals surface area contributed by atoms with Crippen LogP contribution in [0, 0.1) is 0 Å². The summed E-state index contributed by atoms with van der Waals surface area (Å²) in [6.45, 7) is 5.30. The van der Waals surface area contributed by atoms with E-state index in [1.54, 1.807) is 29.8 Å². The fourth-order valence-corrected chi connectivity index (χ4v) is 4.72. The molecule has 0 spiro atoms. The monoisotopic (exact) mass is 390 g/mol. The highest BCUT2D eigenvalue weighted by Crippen LogP contribution is 2.31. The Balaban J connectivity index is 1.42. The minimum Gasteiger partial charge on any atom is -0.497 e. The number of anilines is 1. The third-order valence-corrected chi connectivity index (χ3v) is 6.39. The van der Waals surface area contributed by atoms with E-state index < -0.39 is 0 Å². The molecule has 1 fully saturated rings. The van der Waals surface area contributed by atoms with Gasteiger partial charge in [-0.05, 0) is 18.2 Å². The highest BCUT2D eigenvalue weighted by atomic mass is 32.1. The van der Waals surface area contributed by atoms with Gasteiger partial charge in [0.05, 0.1) is 49.3 Å². The summed E-state index contributed by atoms with van der Waals surface area (Å²) in [5.41, 5.74) is 2.10. The van der Waals surface area contributed by atoms with E-state index >= 15 is 0 Å². The average Bonchev–Trinajstić information content (AvgIpc) is 3.28. The summed E-state index contributed by atoms with van der Waals surface area (Å²) in [4.78, 5) is 14.1. The molecule has 0 amide bonds. The van der Waals surface area contributed by atoms with E-state index in [-0.39, 0.29) is 0 Å². The fraction of sp³-hybridized carbons (Fsp3) is 0.444. The molecule has 2 aromatic heterocycles. The number of nitrogens with zero attached hydrogens (tertiary/aromatic N) is 4. The van der Waals surface area contributed by atoms with Crippen molar-refractivity contribution in [1.29, 1.82) is 0 Å². The number of benzene rings is 1. The van der Waals surface area contributed by atoms with Crippen LogP contribution in [0.25, 0.3) is 10.2 Å². The van der Waals surface area contributed by atoms with E-state index in [1.807, 2.05) is 18.2 Å². The highest BCUT2D eigenvalue weighted by molar-refractivity contribution is 7.22. The van der Waals surface area contributed by atoms with Crippen LogP contribution in [-0.2, 0) is 17.8 Å². The van der Waals surface area contributed by atoms with Gasteiger partial charge in [0.25, 0.3) is 0 Å². The van der Waals surface area contributed by atoms with Gasteiger partial charge in [0.2, 0.25) is 0 Å². The summed E-state index contributed by atoms with van der Waals surface area (Å²) >= 11 is 3.41. The smallest absolute Gasteiger partial charge is 0.186 e. The third kappa shape index (κ3) is 3.98. The number of ether oxygens (including phenoxy) is 2. The summed E-state index contributed by atoms with van der Waals surface area (Å²) in [6.07, 6.45) is 0. The van der Waals surface area contributed by atoms with Gasteiger partial charge >= 0.3 is 0 Å². The van der Waals surface area contributed by atoms with Gasteiger partial charge in [-0.1, -0.05) is 11.3 Å². The number of aromatic nitrogens is 2. The van der Waals surface area contributed by atoms with Crippen molar-refractivity contribution in [2.75, 3.05) is 45.4 Å². The molecule has 3 aromatic rings. The summed E-state index contributed by atoms with van der Waals surface area (Å²) in [6, 6.07) is 5.99. The number of morpholine rings is 1. The van der Waals surface area contributed by atoms with Crippen molar-refractivity contribution in [2.24, 2.45) is 0 Å². The van der Waals surface area contributed by atoms with E-state index in [9.17, 15) is 0 Å². The Morgan fingerprint density at radius 2 is 2.12 bits per heavy atom. The van der Waals surface area contributed by atoms with Crippen LogP contribution in [0.15, 0.2) is 23.6 Å². The number of rotatable bonds is 6. The normalized spacial score (nSPS) is 15.5. The van der Waals surface area contributed by atoms with Crippen LogP contribution in [0.5, 0.6) is 5.75 Å². The Morgan fingerprint density at radius 1 is 1.27 bits per heavy atom. The van der Waals surface area contributed by atoms with Gasteiger partial charge < -0.3 is 14.4 Å². The molecule has 0 radical (unpaired) electrons. The first kappa shape index (κ1) is 17.7. The van der Waals surface area contributed by atoms with Crippen LogP contribution in [0.2, 0.25) is 0 Å². The Morgan fingerprint density at radius 3 is 2.92 bits per heavy atom. The lowest BCUT2D eigenvalue weighted by Gasteiger charge is -2.25. The van der Waals surface area contributed by atoms with Crippen molar-refractivity contribution in [3.8, 4) is 5.75 Å². The topological polar surface area (TPSA) is 50.7 Å². The zero-order chi connectivity index (χ0) is 17.9. The molecular weight excluding hydrogens is 368 g/mol. The summed E-state index contributed by atoms with van der Waals surface area (Å²) in [7, 11) is 3.75. The Bertz CT molecular complexity index is 873. The van der Waals surface area contributed by atoms with Crippen LogP contribution < -0.4 is 9.64 Å². The number of fused-ring (bicyclic) bond motifs is 1. The lowest BCUT2D eigenvalue weighted by atomic mass is 10.3. The maximum atomic E-state index is 5.40. The van der Waals surface area contributed by atoms with Crippen LogP contribution in [0.4, 0.5) is 5.13 Å². The number of hydrogen-bond acceptors (Lipinski definition) is 8. The average molecular weight is 391 g/mol. The molecule has 4 rings (SSSR count). The largest absolute Gasteiger partial charge is 0.497 e. The maximum Gasteiger partial charge on any atom is 0.186 e. The molecule has 0 unspecified atom stereocenters. The van der Waals surface area contributed by atoms with Crippen LogP contribution in [-0.4, -0.2) is 55.3 Å². The first-order valence-electron chi connectivity index (χ1n) is 8.60. The quantitative estimate of drug-likeness (QED) is 0.644. The van der Waals surface area contributed by atoms with Crippen LogP contribution in [0.3, 0.4) is 0 Å². The highest BCUT2D eigenvalue weighted by Gasteiger charge is 2.15. The van der Waals surface area contributed by atoms with E-state index in [1.165, 1.54) is 5.01 Å². The fourth-order valence-electron chi connectivity index (χ4n) is 2.94. The van der Waals surface area contributed by atoms with Gasteiger partial charge in [0.1, 0.15) is 10.8 Å². The van der Waals surface area contributed by atoms with Gasteiger partial charge in [-0.2, -0.15) is 0 Å². The Hall–Kier alpha value is -1.74. The molecule has 1 aliphatic heterocycles. The molecule has 0 saturated carbocycles. The van der Waals surface area contributed by atoms with Gasteiger partial charge in [0, 0.05) is 25.5 Å². The molecule has 3 heterocycles. The van der Waals surface area contributed by atoms with Crippen molar-refractivity contribution in [2.45, 2.75) is 13.1 Å². The van der Waals surface area contributed by atoms with E-state index in [0.29, 0.717) is 0 Å². The molecule has 26 heavy (non-hydrogen) atoms. The van der Waals surface area contributed by atoms with Gasteiger partial charge in [0.15, 0.2) is 5.13 Å². The molecule has 0 bridgehead atoms. The van der Waals surface area contributed by atoms with Gasteiger partial charge in [-0.3, -0.25) is 4.90 Å². The predicted octanol–water partition coefficient (Wildman–Crippen LogP) is 3.23. The zero-order valence-corrected chi connectivity index (χ0v) is 16.6. The van der Waals surface area contributed by atoms with E-state index in [2.05, 4.69) is 22.2 Å². The molecule has 0 atom stereocenters. The SMILES string of the molecule is COc1ccc2nc(N(C)Cc3csc(CN4CCOCC4)n3)sc2c1. The molecular formula is C18H22N4O2S2. The van der Waals surface area contributed by atoms with Gasteiger partial charge in [-0.25, -0.2) is 9.97 Å². The maximum absolute atomic E-state index is 5.40. The first-order valence-corrected chi connectivity index (χ1v) is 10.3. The summed E-state index contributed by atoms with van der Waals surface area (Å²) in [5.74, 6) is 0.864. The van der Waals surface area contributed by atoms with Crippen LogP contribution >= 0.6 is 22.7 Å². The second-order valence-corrected chi connectivity index (χ2v) is 8.26. The second kappa shape index (κ2) is 7.87. The minimum atomic E-state index is 0.760. The molecule has 1 saturated heterocycles. The second-order valence-electron chi connectivity index (χ2n) is 6.31. The minimum absolute atomic E-state index is 0.760. The van der Waals surface area contributed by atoms with Crippen LogP contribution in [0.1, 0.15) is 10.7 Å². The summed E-state index contributed by atoms with van der Waals surface area (Å²) < 4.78 is 11.8. The Labute approximate surface area is 161 Å². The molecule has 0 N–H and O–H groups in total. The van der Waals surface area contributed by atoms with E-state index in [0.717, 1.165) is 66.2 Å². The molecule has 8 heteroatoms. The first-order chi connectivity index (χ1) is 12.7. The lowest BCUT2D eigenvalue weighted by molar-refractivity contribution is 0.0341. The zero-order valence-electron chi connectivity index (χ0n) is 15.0. The number of hydrogen-bond donors (Lipinski definition) is 0. The number of methoxy groups -OCH3 is 1. The molecule has 1 aromatic carbocycles. The Kier molecular flexibility index (Phi) is 5.35. The van der Waals surface area contributed by atoms with Crippen molar-refractivity contribution < 1.29 is 9.47 Å². The summed E-state index contributed by atoms with van der Waals surface area (Å²) in [5, 5.41) is 4.32. The van der Waals surface area contributed by atoms with Crippen molar-refractivity contribution in [3.63, 3.8) is 0 Å². The van der Waals surface area contributed by atoms with E-state index in [4.69, 9.17) is 19.4 Å². The molecule has 138 valence electrons.